The number of halogens is 1. The van der Waals surface area contributed by atoms with Crippen LogP contribution in [0.3, 0.4) is 0 Å². The fourth-order valence-corrected chi connectivity index (χ4v) is 4.48. The highest BCUT2D eigenvalue weighted by atomic mass is 35.5. The van der Waals surface area contributed by atoms with Gasteiger partial charge in [0.1, 0.15) is 0 Å². The first-order chi connectivity index (χ1) is 10.4. The number of amides is 1. The summed E-state index contributed by atoms with van der Waals surface area (Å²) < 4.78 is 33.9. The van der Waals surface area contributed by atoms with Crippen LogP contribution in [0.2, 0.25) is 5.02 Å². The summed E-state index contributed by atoms with van der Waals surface area (Å²) in [5.74, 6) is 0.615. The van der Waals surface area contributed by atoms with Gasteiger partial charge in [0.15, 0.2) is 21.3 Å². The van der Waals surface area contributed by atoms with Gasteiger partial charge in [0.25, 0.3) is 5.91 Å². The second kappa shape index (κ2) is 5.96. The third-order valence-electron chi connectivity index (χ3n) is 3.63. The number of benzene rings is 1. The zero-order chi connectivity index (χ0) is 15.7. The second-order valence-corrected chi connectivity index (χ2v) is 8.05. The van der Waals surface area contributed by atoms with Crippen LogP contribution in [0.1, 0.15) is 23.2 Å². The molecular formula is C14H16ClNO5S. The minimum absolute atomic E-state index is 0.0168. The molecule has 1 aromatic rings. The van der Waals surface area contributed by atoms with E-state index in [0.717, 1.165) is 6.42 Å². The molecule has 1 N–H and O–H groups in total. The van der Waals surface area contributed by atoms with E-state index in [1.165, 1.54) is 6.07 Å². The van der Waals surface area contributed by atoms with E-state index in [2.05, 4.69) is 5.32 Å². The van der Waals surface area contributed by atoms with Crippen molar-refractivity contribution in [3.05, 3.63) is 22.7 Å². The van der Waals surface area contributed by atoms with Crippen molar-refractivity contribution >= 4 is 27.3 Å². The number of rotatable bonds is 2. The highest BCUT2D eigenvalue weighted by Gasteiger charge is 2.29. The zero-order valence-corrected chi connectivity index (χ0v) is 13.4. The van der Waals surface area contributed by atoms with Gasteiger partial charge in [0, 0.05) is 18.0 Å². The van der Waals surface area contributed by atoms with Gasteiger partial charge in [-0.05, 0) is 18.6 Å². The maximum absolute atomic E-state index is 12.3. The van der Waals surface area contributed by atoms with E-state index < -0.39 is 9.84 Å². The Morgan fingerprint density at radius 1 is 1.27 bits per heavy atom. The van der Waals surface area contributed by atoms with Crippen LogP contribution in [0, 0.1) is 0 Å². The zero-order valence-electron chi connectivity index (χ0n) is 11.8. The molecule has 1 amide bonds. The average molecular weight is 346 g/mol. The Kier molecular flexibility index (Phi) is 4.18. The summed E-state index contributed by atoms with van der Waals surface area (Å²) in [6.07, 6.45) is 1.18. The lowest BCUT2D eigenvalue weighted by molar-refractivity contribution is 0.0940. The monoisotopic (exact) mass is 345 g/mol. The molecule has 0 unspecified atom stereocenters. The molecule has 0 radical (unpaired) electrons. The molecule has 1 fully saturated rings. The molecule has 120 valence electrons. The van der Waals surface area contributed by atoms with Crippen LogP contribution in [0.15, 0.2) is 12.1 Å². The van der Waals surface area contributed by atoms with Gasteiger partial charge in [0.05, 0.1) is 29.7 Å². The molecule has 2 heterocycles. The number of hydrogen-bond acceptors (Lipinski definition) is 5. The number of fused-ring (bicyclic) bond motifs is 1. The summed E-state index contributed by atoms with van der Waals surface area (Å²) >= 11 is 6.15. The Morgan fingerprint density at radius 3 is 2.77 bits per heavy atom. The first-order valence-electron chi connectivity index (χ1n) is 7.05. The van der Waals surface area contributed by atoms with Crippen molar-refractivity contribution in [3.8, 4) is 11.5 Å². The van der Waals surface area contributed by atoms with Crippen LogP contribution in [0.5, 0.6) is 11.5 Å². The summed E-state index contributed by atoms with van der Waals surface area (Å²) in [6, 6.07) is 2.73. The Morgan fingerprint density at radius 2 is 2.05 bits per heavy atom. The maximum atomic E-state index is 12.3. The lowest BCUT2D eigenvalue weighted by Crippen LogP contribution is -2.35. The van der Waals surface area contributed by atoms with E-state index in [-0.39, 0.29) is 23.5 Å². The molecule has 1 atom stereocenters. The third kappa shape index (κ3) is 3.30. The first kappa shape index (κ1) is 15.4. The Labute approximate surface area is 133 Å². The van der Waals surface area contributed by atoms with E-state index in [0.29, 0.717) is 41.7 Å². The Bertz CT molecular complexity index is 703. The van der Waals surface area contributed by atoms with Gasteiger partial charge in [-0.15, -0.1) is 0 Å². The van der Waals surface area contributed by atoms with Gasteiger partial charge in [-0.3, -0.25) is 4.79 Å². The van der Waals surface area contributed by atoms with Gasteiger partial charge >= 0.3 is 0 Å². The molecule has 0 aliphatic carbocycles. The van der Waals surface area contributed by atoms with Crippen molar-refractivity contribution in [2.75, 3.05) is 24.7 Å². The molecule has 2 aliphatic heterocycles. The highest BCUT2D eigenvalue weighted by molar-refractivity contribution is 7.91. The summed E-state index contributed by atoms with van der Waals surface area (Å²) in [5.41, 5.74) is 0.332. The lowest BCUT2D eigenvalue weighted by Gasteiger charge is -2.14. The van der Waals surface area contributed by atoms with Crippen LogP contribution in [-0.2, 0) is 9.84 Å². The summed E-state index contributed by atoms with van der Waals surface area (Å²) in [4.78, 5) is 12.3. The van der Waals surface area contributed by atoms with Crippen LogP contribution in [0.25, 0.3) is 0 Å². The largest absolute Gasteiger partial charge is 0.489 e. The minimum Gasteiger partial charge on any atom is -0.489 e. The smallest absolute Gasteiger partial charge is 0.251 e. The molecule has 6 nitrogen and oxygen atoms in total. The van der Waals surface area contributed by atoms with Crippen LogP contribution in [0.4, 0.5) is 0 Å². The molecule has 0 aromatic heterocycles. The predicted molar refractivity (Wildman–Crippen MR) is 81.6 cm³/mol. The topological polar surface area (TPSA) is 81.7 Å². The second-order valence-electron chi connectivity index (χ2n) is 5.41. The molecule has 2 aliphatic rings. The van der Waals surface area contributed by atoms with Crippen molar-refractivity contribution in [2.45, 2.75) is 18.9 Å². The highest BCUT2D eigenvalue weighted by Crippen LogP contribution is 2.38. The summed E-state index contributed by atoms with van der Waals surface area (Å²) in [7, 11) is -3.04. The van der Waals surface area contributed by atoms with Gasteiger partial charge in [-0.1, -0.05) is 11.6 Å². The molecule has 1 saturated heterocycles. The maximum Gasteiger partial charge on any atom is 0.251 e. The van der Waals surface area contributed by atoms with Crippen LogP contribution < -0.4 is 14.8 Å². The third-order valence-corrected chi connectivity index (χ3v) is 5.68. The van der Waals surface area contributed by atoms with Crippen LogP contribution >= 0.6 is 11.6 Å². The van der Waals surface area contributed by atoms with Gasteiger partial charge in [-0.2, -0.15) is 0 Å². The summed E-state index contributed by atoms with van der Waals surface area (Å²) in [6.45, 7) is 1.01. The number of hydrogen-bond donors (Lipinski definition) is 1. The van der Waals surface area contributed by atoms with Crippen molar-refractivity contribution in [2.24, 2.45) is 0 Å². The molecule has 1 aromatic carbocycles. The molecule has 0 bridgehead atoms. The molecule has 3 rings (SSSR count). The predicted octanol–water partition coefficient (Wildman–Crippen LogP) is 1.42. The molecule has 0 spiro atoms. The number of carbonyl (C=O) groups is 1. The number of ether oxygens (including phenoxy) is 2. The van der Waals surface area contributed by atoms with Gasteiger partial charge < -0.3 is 14.8 Å². The lowest BCUT2D eigenvalue weighted by atomic mass is 10.1. The molecular weight excluding hydrogens is 330 g/mol. The standard InChI is InChI=1S/C14H16ClNO5S/c15-11-6-9(7-12-13(11)21-4-1-3-20-12)14(17)16-10-2-5-22(18,19)8-10/h6-7,10H,1-5,8H2,(H,16,17)/t10-/m1/s1. The summed E-state index contributed by atoms with van der Waals surface area (Å²) in [5, 5.41) is 3.04. The van der Waals surface area contributed by atoms with E-state index in [4.69, 9.17) is 21.1 Å². The van der Waals surface area contributed by atoms with E-state index in [9.17, 15) is 13.2 Å². The first-order valence-corrected chi connectivity index (χ1v) is 9.25. The number of sulfone groups is 1. The van der Waals surface area contributed by atoms with Crippen LogP contribution in [-0.4, -0.2) is 45.1 Å². The van der Waals surface area contributed by atoms with E-state index in [1.807, 2.05) is 0 Å². The van der Waals surface area contributed by atoms with Gasteiger partial charge in [-0.25, -0.2) is 8.42 Å². The fraction of sp³-hybridized carbons (Fsp3) is 0.500. The molecule has 0 saturated carbocycles. The van der Waals surface area contributed by atoms with Crippen molar-refractivity contribution in [1.29, 1.82) is 0 Å². The van der Waals surface area contributed by atoms with Gasteiger partial charge in [0.2, 0.25) is 0 Å². The SMILES string of the molecule is O=C(N[C@@H]1CCS(=O)(=O)C1)c1cc(Cl)c2c(c1)OCCCO2. The Balaban J connectivity index is 1.78. The van der Waals surface area contributed by atoms with E-state index >= 15 is 0 Å². The van der Waals surface area contributed by atoms with E-state index in [1.54, 1.807) is 6.07 Å². The van der Waals surface area contributed by atoms with Crippen molar-refractivity contribution in [3.63, 3.8) is 0 Å². The molecule has 8 heteroatoms. The fourth-order valence-electron chi connectivity index (χ4n) is 2.54. The number of nitrogens with one attached hydrogen (secondary N) is 1. The van der Waals surface area contributed by atoms with Crippen molar-refractivity contribution in [1.82, 2.24) is 5.32 Å². The molecule has 22 heavy (non-hydrogen) atoms. The van der Waals surface area contributed by atoms with Crippen molar-refractivity contribution < 1.29 is 22.7 Å². The normalized spacial score (nSPS) is 22.9. The minimum atomic E-state index is -3.04. The number of carbonyl (C=O) groups excluding carboxylic acids is 1. The Hall–Kier alpha value is -1.47. The average Bonchev–Trinajstić information content (AvgIpc) is 2.66. The quantitative estimate of drug-likeness (QED) is 0.876.